The number of carbonyl (C=O) groups excluding carboxylic acids is 1. The normalized spacial score (nSPS) is 11.7. The van der Waals surface area contributed by atoms with Gasteiger partial charge in [-0.2, -0.15) is 16.8 Å². The van der Waals surface area contributed by atoms with Gasteiger partial charge in [0.25, 0.3) is 0 Å². The van der Waals surface area contributed by atoms with Crippen LogP contribution in [0.1, 0.15) is 29.5 Å². The molecule has 2 aromatic carbocycles. The molecule has 0 aliphatic rings. The van der Waals surface area contributed by atoms with Crippen LogP contribution in [0.5, 0.6) is 0 Å². The van der Waals surface area contributed by atoms with Crippen LogP contribution in [0.3, 0.4) is 0 Å². The number of benzene rings is 2. The number of aryl methyl sites for hydroxylation is 2. The molecule has 0 fully saturated rings. The summed E-state index contributed by atoms with van der Waals surface area (Å²) in [5, 5.41) is 0. The molecule has 1 aromatic heterocycles. The smallest absolute Gasteiger partial charge is 0.248 e. The number of thioether (sulfide) groups is 1. The summed E-state index contributed by atoms with van der Waals surface area (Å²) >= 11 is 3.38. The van der Waals surface area contributed by atoms with E-state index in [1.165, 1.54) is 28.0 Å². The Morgan fingerprint density at radius 3 is 2.71 bits per heavy atom. The zero-order valence-corrected chi connectivity index (χ0v) is 17.9. The lowest BCUT2D eigenvalue weighted by Gasteiger charge is -2.03. The van der Waals surface area contributed by atoms with E-state index in [0.717, 1.165) is 28.1 Å². The van der Waals surface area contributed by atoms with Crippen LogP contribution in [-0.4, -0.2) is 16.2 Å². The molecular formula is C23H24N2OS2. The first-order valence-corrected chi connectivity index (χ1v) is 11.3. The van der Waals surface area contributed by atoms with E-state index < -0.39 is 0 Å². The fraction of sp³-hybridized carbons (Fsp3) is 0.304. The number of hydrogen-bond acceptors (Lipinski definition) is 3. The first-order chi connectivity index (χ1) is 13.6. The van der Waals surface area contributed by atoms with Crippen LogP contribution in [0.15, 0.2) is 47.5 Å². The first kappa shape index (κ1) is 20.4. The van der Waals surface area contributed by atoms with Crippen LogP contribution < -0.4 is 4.80 Å². The molecule has 0 radical (unpaired) electrons. The maximum atomic E-state index is 12.4. The van der Waals surface area contributed by atoms with Gasteiger partial charge in [-0.15, -0.1) is 6.42 Å². The summed E-state index contributed by atoms with van der Waals surface area (Å²) in [4.78, 5) is 17.4. The zero-order valence-electron chi connectivity index (χ0n) is 16.3. The number of hydrogen-bond donors (Lipinski definition) is 0. The highest BCUT2D eigenvalue weighted by molar-refractivity contribution is 7.98. The molecule has 0 atom stereocenters. The molecule has 1 amide bonds. The maximum Gasteiger partial charge on any atom is 0.248 e. The largest absolute Gasteiger partial charge is 0.305 e. The summed E-state index contributed by atoms with van der Waals surface area (Å²) in [7, 11) is 0. The first-order valence-electron chi connectivity index (χ1n) is 9.32. The summed E-state index contributed by atoms with van der Waals surface area (Å²) in [6, 6.07) is 14.7. The highest BCUT2D eigenvalue weighted by Crippen LogP contribution is 2.22. The van der Waals surface area contributed by atoms with Gasteiger partial charge >= 0.3 is 0 Å². The number of carbonyl (C=O) groups is 1. The molecular weight excluding hydrogens is 384 g/mol. The fourth-order valence-corrected chi connectivity index (χ4v) is 4.95. The number of nitrogens with zero attached hydrogens (tertiary/aromatic N) is 2. The summed E-state index contributed by atoms with van der Waals surface area (Å²) in [6.07, 6.45) is 6.84. The predicted molar refractivity (Wildman–Crippen MR) is 121 cm³/mol. The van der Waals surface area contributed by atoms with Crippen LogP contribution in [0.4, 0.5) is 0 Å². The van der Waals surface area contributed by atoms with Crippen molar-refractivity contribution in [1.29, 1.82) is 0 Å². The second-order valence-electron chi connectivity index (χ2n) is 6.73. The lowest BCUT2D eigenvalue weighted by Crippen LogP contribution is -2.16. The molecule has 0 aliphatic carbocycles. The molecule has 0 saturated heterocycles. The molecule has 0 aliphatic heterocycles. The van der Waals surface area contributed by atoms with Gasteiger partial charge in [-0.1, -0.05) is 47.6 Å². The van der Waals surface area contributed by atoms with Gasteiger partial charge in [0.1, 0.15) is 0 Å². The van der Waals surface area contributed by atoms with Gasteiger partial charge in [0.05, 0.1) is 16.8 Å². The van der Waals surface area contributed by atoms with E-state index in [1.54, 1.807) is 0 Å². The number of fused-ring (bicyclic) bond motifs is 1. The lowest BCUT2D eigenvalue weighted by atomic mass is 10.1. The Morgan fingerprint density at radius 1 is 1.21 bits per heavy atom. The van der Waals surface area contributed by atoms with Crippen molar-refractivity contribution < 1.29 is 4.79 Å². The van der Waals surface area contributed by atoms with Gasteiger partial charge in [0, 0.05) is 12.2 Å². The molecule has 3 aromatic rings. The minimum atomic E-state index is -0.0777. The van der Waals surface area contributed by atoms with Crippen molar-refractivity contribution >= 4 is 39.2 Å². The Balaban J connectivity index is 1.65. The van der Waals surface area contributed by atoms with Crippen molar-refractivity contribution in [3.63, 3.8) is 0 Å². The van der Waals surface area contributed by atoms with Crippen molar-refractivity contribution in [2.24, 2.45) is 4.99 Å². The monoisotopic (exact) mass is 408 g/mol. The molecule has 28 heavy (non-hydrogen) atoms. The third-order valence-electron chi connectivity index (χ3n) is 4.56. The van der Waals surface area contributed by atoms with Crippen LogP contribution in [0.25, 0.3) is 10.2 Å². The second-order valence-corrected chi connectivity index (χ2v) is 8.84. The Bertz CT molecular complexity index is 1070. The third kappa shape index (κ3) is 5.15. The molecule has 0 N–H and O–H groups in total. The molecule has 144 valence electrons. The summed E-state index contributed by atoms with van der Waals surface area (Å²) in [5.74, 6) is 4.53. The molecule has 0 saturated carbocycles. The molecule has 3 rings (SSSR count). The fourth-order valence-electron chi connectivity index (χ4n) is 2.90. The van der Waals surface area contributed by atoms with Crippen LogP contribution >= 0.6 is 23.1 Å². The Morgan fingerprint density at radius 2 is 1.96 bits per heavy atom. The lowest BCUT2D eigenvalue weighted by molar-refractivity contribution is -0.118. The minimum Gasteiger partial charge on any atom is -0.305 e. The SMILES string of the molecule is C#CCn1c(=NC(=O)CCCSCc2ccccc2)sc2cc(C)c(C)cc21. The van der Waals surface area contributed by atoms with Crippen molar-refractivity contribution in [1.82, 2.24) is 4.57 Å². The number of aromatic nitrogens is 1. The summed E-state index contributed by atoms with van der Waals surface area (Å²) in [6.45, 7) is 4.60. The molecule has 0 bridgehead atoms. The van der Waals surface area contributed by atoms with Crippen LogP contribution in [0.2, 0.25) is 0 Å². The minimum absolute atomic E-state index is 0.0777. The van der Waals surface area contributed by atoms with Gasteiger partial charge in [0.2, 0.25) is 5.91 Å². The number of terminal acetylenes is 1. The van der Waals surface area contributed by atoms with E-state index in [9.17, 15) is 4.79 Å². The average Bonchev–Trinajstić information content (AvgIpc) is 2.99. The van der Waals surface area contributed by atoms with E-state index in [2.05, 4.69) is 61.2 Å². The van der Waals surface area contributed by atoms with Crippen LogP contribution in [-0.2, 0) is 17.1 Å². The predicted octanol–water partition coefficient (Wildman–Crippen LogP) is 5.09. The maximum absolute atomic E-state index is 12.4. The number of rotatable bonds is 7. The van der Waals surface area contributed by atoms with Gasteiger partial charge in [-0.25, -0.2) is 0 Å². The third-order valence-corrected chi connectivity index (χ3v) is 6.71. The van der Waals surface area contributed by atoms with Crippen LogP contribution in [0, 0.1) is 26.2 Å². The topological polar surface area (TPSA) is 34.4 Å². The Kier molecular flexibility index (Phi) is 7.13. The van der Waals surface area contributed by atoms with E-state index in [0.29, 0.717) is 17.8 Å². The van der Waals surface area contributed by atoms with Crippen molar-refractivity contribution in [3.8, 4) is 12.3 Å². The number of amides is 1. The highest BCUT2D eigenvalue weighted by Gasteiger charge is 2.09. The average molecular weight is 409 g/mol. The number of thiazole rings is 1. The van der Waals surface area contributed by atoms with Crippen molar-refractivity contribution in [3.05, 3.63) is 64.0 Å². The molecule has 1 heterocycles. The summed E-state index contributed by atoms with van der Waals surface area (Å²) < 4.78 is 3.08. The van der Waals surface area contributed by atoms with Crippen molar-refractivity contribution in [2.75, 3.05) is 5.75 Å². The van der Waals surface area contributed by atoms with E-state index in [1.807, 2.05) is 22.4 Å². The molecule has 0 spiro atoms. The Hall–Kier alpha value is -2.29. The second kappa shape index (κ2) is 9.77. The van der Waals surface area contributed by atoms with Crippen molar-refractivity contribution in [2.45, 2.75) is 39.0 Å². The molecule has 3 nitrogen and oxygen atoms in total. The summed E-state index contributed by atoms with van der Waals surface area (Å²) in [5.41, 5.74) is 4.81. The van der Waals surface area contributed by atoms with E-state index in [-0.39, 0.29) is 5.91 Å². The quantitative estimate of drug-likeness (QED) is 0.403. The molecule has 0 unspecified atom stereocenters. The van der Waals surface area contributed by atoms with Gasteiger partial charge in [-0.05, 0) is 54.8 Å². The zero-order chi connectivity index (χ0) is 19.9. The highest BCUT2D eigenvalue weighted by atomic mass is 32.2. The van der Waals surface area contributed by atoms with E-state index in [4.69, 9.17) is 6.42 Å². The van der Waals surface area contributed by atoms with Gasteiger partial charge in [0.15, 0.2) is 4.80 Å². The van der Waals surface area contributed by atoms with E-state index >= 15 is 0 Å². The Labute approximate surface area is 174 Å². The standard InChI is InChI=1S/C23H24N2OS2/c1-4-12-25-20-14-17(2)18(3)15-21(20)28-23(25)24-22(26)11-8-13-27-16-19-9-6-5-7-10-19/h1,5-7,9-10,14-15H,8,11-13,16H2,2-3H3. The molecule has 5 heteroatoms. The van der Waals surface area contributed by atoms with Gasteiger partial charge in [-0.3, -0.25) is 4.79 Å². The van der Waals surface area contributed by atoms with Gasteiger partial charge < -0.3 is 4.57 Å².